The number of amides is 2. The molecule has 0 atom stereocenters. The maximum absolute atomic E-state index is 12.2. The predicted molar refractivity (Wildman–Crippen MR) is 115 cm³/mol. The second-order valence-corrected chi connectivity index (χ2v) is 6.92. The summed E-state index contributed by atoms with van der Waals surface area (Å²) in [6.45, 7) is 0.640. The van der Waals surface area contributed by atoms with Crippen molar-refractivity contribution in [3.63, 3.8) is 0 Å². The molecule has 0 spiro atoms. The number of carbonyl (C=O) groups excluding carboxylic acids is 2. The van der Waals surface area contributed by atoms with Crippen LogP contribution in [-0.2, 0) is 9.59 Å². The van der Waals surface area contributed by atoms with Gasteiger partial charge in [0.05, 0.1) is 0 Å². The summed E-state index contributed by atoms with van der Waals surface area (Å²) in [5.74, 6) is 1.90. The summed E-state index contributed by atoms with van der Waals surface area (Å²) in [6.07, 6.45) is 1.48. The van der Waals surface area contributed by atoms with Crippen LogP contribution < -0.4 is 19.7 Å². The first-order chi connectivity index (χ1) is 14.7. The molecular formula is C24H22N2O4. The molecule has 1 saturated heterocycles. The Hall–Kier alpha value is -3.80. The van der Waals surface area contributed by atoms with E-state index in [9.17, 15) is 9.59 Å². The van der Waals surface area contributed by atoms with Gasteiger partial charge in [0, 0.05) is 24.3 Å². The normalized spacial score (nSPS) is 13.2. The Kier molecular flexibility index (Phi) is 5.94. The lowest BCUT2D eigenvalue weighted by Crippen LogP contribution is -2.23. The van der Waals surface area contributed by atoms with Gasteiger partial charge in [0.1, 0.15) is 17.2 Å². The highest BCUT2D eigenvalue weighted by molar-refractivity contribution is 5.95. The van der Waals surface area contributed by atoms with Crippen LogP contribution in [0.5, 0.6) is 17.2 Å². The largest absolute Gasteiger partial charge is 0.484 e. The molecule has 152 valence electrons. The van der Waals surface area contributed by atoms with Crippen molar-refractivity contribution in [2.75, 3.05) is 23.4 Å². The number of benzene rings is 3. The maximum Gasteiger partial charge on any atom is 0.262 e. The van der Waals surface area contributed by atoms with E-state index in [1.807, 2.05) is 42.5 Å². The van der Waals surface area contributed by atoms with Crippen molar-refractivity contribution in [1.29, 1.82) is 0 Å². The zero-order valence-electron chi connectivity index (χ0n) is 16.4. The Labute approximate surface area is 175 Å². The van der Waals surface area contributed by atoms with Crippen LogP contribution in [0.1, 0.15) is 12.8 Å². The molecule has 1 fully saturated rings. The molecule has 6 nitrogen and oxygen atoms in total. The molecule has 1 heterocycles. The van der Waals surface area contributed by atoms with Gasteiger partial charge in [0.2, 0.25) is 5.91 Å². The lowest BCUT2D eigenvalue weighted by molar-refractivity contribution is -0.118. The van der Waals surface area contributed by atoms with E-state index in [2.05, 4.69) is 5.32 Å². The first-order valence-electron chi connectivity index (χ1n) is 9.83. The van der Waals surface area contributed by atoms with Crippen LogP contribution in [0.25, 0.3) is 0 Å². The number of carbonyl (C=O) groups is 2. The molecule has 0 radical (unpaired) electrons. The molecule has 0 unspecified atom stereocenters. The van der Waals surface area contributed by atoms with Gasteiger partial charge < -0.3 is 19.7 Å². The molecule has 0 aliphatic carbocycles. The third kappa shape index (κ3) is 4.97. The lowest BCUT2D eigenvalue weighted by atomic mass is 10.3. The summed E-state index contributed by atoms with van der Waals surface area (Å²) >= 11 is 0. The average molecular weight is 402 g/mol. The second kappa shape index (κ2) is 9.13. The minimum absolute atomic E-state index is 0.107. The second-order valence-electron chi connectivity index (χ2n) is 6.92. The zero-order valence-corrected chi connectivity index (χ0v) is 16.4. The summed E-state index contributed by atoms with van der Waals surface area (Å²) < 4.78 is 11.3. The van der Waals surface area contributed by atoms with Gasteiger partial charge in [0.25, 0.3) is 5.91 Å². The smallest absolute Gasteiger partial charge is 0.262 e. The van der Waals surface area contributed by atoms with Crippen LogP contribution in [0, 0.1) is 0 Å². The fourth-order valence-corrected chi connectivity index (χ4v) is 3.22. The highest BCUT2D eigenvalue weighted by Gasteiger charge is 2.21. The van der Waals surface area contributed by atoms with E-state index >= 15 is 0 Å². The Morgan fingerprint density at radius 1 is 0.867 bits per heavy atom. The number of nitrogens with one attached hydrogen (secondary N) is 1. The van der Waals surface area contributed by atoms with E-state index in [1.165, 1.54) is 0 Å². The number of nitrogens with zero attached hydrogens (tertiary/aromatic N) is 1. The molecule has 6 heteroatoms. The van der Waals surface area contributed by atoms with Crippen LogP contribution in [0.3, 0.4) is 0 Å². The van der Waals surface area contributed by atoms with E-state index < -0.39 is 0 Å². The average Bonchev–Trinajstić information content (AvgIpc) is 3.21. The number of rotatable bonds is 7. The Morgan fingerprint density at radius 2 is 1.53 bits per heavy atom. The van der Waals surface area contributed by atoms with E-state index in [4.69, 9.17) is 9.47 Å². The van der Waals surface area contributed by atoms with Crippen molar-refractivity contribution in [1.82, 2.24) is 0 Å². The lowest BCUT2D eigenvalue weighted by Gasteiger charge is -2.16. The number of anilines is 2. The first-order valence-corrected chi connectivity index (χ1v) is 9.83. The zero-order chi connectivity index (χ0) is 20.8. The van der Waals surface area contributed by atoms with Gasteiger partial charge >= 0.3 is 0 Å². The van der Waals surface area contributed by atoms with Crippen molar-refractivity contribution in [3.05, 3.63) is 78.9 Å². The fraction of sp³-hybridized carbons (Fsp3) is 0.167. The molecule has 4 rings (SSSR count). The van der Waals surface area contributed by atoms with E-state index in [0.717, 1.165) is 24.4 Å². The minimum atomic E-state index is -0.259. The van der Waals surface area contributed by atoms with Crippen molar-refractivity contribution in [3.8, 4) is 17.2 Å². The van der Waals surface area contributed by atoms with Crippen LogP contribution in [-0.4, -0.2) is 25.0 Å². The van der Waals surface area contributed by atoms with Crippen molar-refractivity contribution in [2.24, 2.45) is 0 Å². The van der Waals surface area contributed by atoms with Gasteiger partial charge in [-0.3, -0.25) is 9.59 Å². The van der Waals surface area contributed by atoms with Crippen molar-refractivity contribution in [2.45, 2.75) is 12.8 Å². The Morgan fingerprint density at radius 3 is 2.20 bits per heavy atom. The molecule has 1 aliphatic heterocycles. The van der Waals surface area contributed by atoms with E-state index in [0.29, 0.717) is 23.6 Å². The molecule has 30 heavy (non-hydrogen) atoms. The van der Waals surface area contributed by atoms with Gasteiger partial charge in [-0.25, -0.2) is 0 Å². The van der Waals surface area contributed by atoms with Crippen molar-refractivity contribution >= 4 is 23.2 Å². The molecule has 3 aromatic rings. The highest BCUT2D eigenvalue weighted by atomic mass is 16.5. The molecule has 2 amide bonds. The predicted octanol–water partition coefficient (Wildman–Crippen LogP) is 4.62. The Balaban J connectivity index is 1.26. The van der Waals surface area contributed by atoms with Crippen LogP contribution in [0.15, 0.2) is 78.9 Å². The minimum Gasteiger partial charge on any atom is -0.484 e. The summed E-state index contributed by atoms with van der Waals surface area (Å²) in [7, 11) is 0. The van der Waals surface area contributed by atoms with Crippen LogP contribution in [0.4, 0.5) is 11.4 Å². The fourth-order valence-electron chi connectivity index (χ4n) is 3.22. The third-order valence-corrected chi connectivity index (χ3v) is 4.71. The van der Waals surface area contributed by atoms with E-state index in [-0.39, 0.29) is 18.4 Å². The monoisotopic (exact) mass is 402 g/mol. The number of ether oxygens (including phenoxy) is 2. The van der Waals surface area contributed by atoms with Crippen LogP contribution >= 0.6 is 0 Å². The highest BCUT2D eigenvalue weighted by Crippen LogP contribution is 2.24. The topological polar surface area (TPSA) is 67.9 Å². The summed E-state index contributed by atoms with van der Waals surface area (Å²) in [5.41, 5.74) is 1.51. The molecule has 1 aliphatic rings. The third-order valence-electron chi connectivity index (χ3n) is 4.71. The Bertz CT molecular complexity index is 1000. The van der Waals surface area contributed by atoms with Gasteiger partial charge in [-0.1, -0.05) is 18.2 Å². The summed E-state index contributed by atoms with van der Waals surface area (Å²) in [5, 5.41) is 2.79. The first kappa shape index (κ1) is 19.5. The standard InChI is InChI=1S/C24H22N2O4/c27-23(17-29-20-14-10-19(11-15-20)26-16-4-7-24(26)28)25-18-8-12-22(13-9-18)30-21-5-2-1-3-6-21/h1-3,5-6,8-15H,4,7,16-17H2,(H,25,27). The van der Waals surface area contributed by atoms with Crippen LogP contribution in [0.2, 0.25) is 0 Å². The maximum atomic E-state index is 12.2. The molecular weight excluding hydrogens is 380 g/mol. The SMILES string of the molecule is O=C(COc1ccc(N2CCCC2=O)cc1)Nc1ccc(Oc2ccccc2)cc1. The summed E-state index contributed by atoms with van der Waals surface area (Å²) in [6, 6.07) is 23.8. The molecule has 0 aromatic heterocycles. The number of hydrogen-bond donors (Lipinski definition) is 1. The molecule has 0 saturated carbocycles. The van der Waals surface area contributed by atoms with E-state index in [1.54, 1.807) is 41.3 Å². The van der Waals surface area contributed by atoms with Gasteiger partial charge in [-0.05, 0) is 67.1 Å². The molecule has 3 aromatic carbocycles. The quantitative estimate of drug-likeness (QED) is 0.626. The van der Waals surface area contributed by atoms with Gasteiger partial charge in [-0.2, -0.15) is 0 Å². The number of para-hydroxylation sites is 1. The summed E-state index contributed by atoms with van der Waals surface area (Å²) in [4.78, 5) is 25.7. The molecule has 0 bridgehead atoms. The van der Waals surface area contributed by atoms with Gasteiger partial charge in [0.15, 0.2) is 6.61 Å². The van der Waals surface area contributed by atoms with Gasteiger partial charge in [-0.15, -0.1) is 0 Å². The number of hydrogen-bond acceptors (Lipinski definition) is 4. The van der Waals surface area contributed by atoms with Crippen molar-refractivity contribution < 1.29 is 19.1 Å². The molecule has 1 N–H and O–H groups in total.